The first-order valence-electron chi connectivity index (χ1n) is 8.15. The Morgan fingerprint density at radius 3 is 2.90 bits per heavy atom. The van der Waals surface area contributed by atoms with Crippen molar-refractivity contribution >= 4 is 0 Å². The monoisotopic (exact) mass is 291 g/mol. The van der Waals surface area contributed by atoms with E-state index >= 15 is 0 Å². The minimum absolute atomic E-state index is 0.589. The van der Waals surface area contributed by atoms with Crippen LogP contribution in [0, 0.1) is 5.92 Å². The Bertz CT molecular complexity index is 438. The summed E-state index contributed by atoms with van der Waals surface area (Å²) >= 11 is 0. The number of nitrogens with one attached hydrogen (secondary N) is 1. The quantitative estimate of drug-likeness (QED) is 0.874. The molecule has 0 spiro atoms. The van der Waals surface area contributed by atoms with Crippen molar-refractivity contribution in [2.24, 2.45) is 5.92 Å². The van der Waals surface area contributed by atoms with E-state index in [0.717, 1.165) is 25.3 Å². The van der Waals surface area contributed by atoms with E-state index in [2.05, 4.69) is 42.0 Å². The first-order valence-corrected chi connectivity index (χ1v) is 8.15. The van der Waals surface area contributed by atoms with Gasteiger partial charge in [0.15, 0.2) is 0 Å². The fraction of sp³-hybridized carbons (Fsp3) is 0.706. The summed E-state index contributed by atoms with van der Waals surface area (Å²) in [5.41, 5.74) is 1.10. The summed E-state index contributed by atoms with van der Waals surface area (Å²) in [4.78, 5) is 7.17. The van der Waals surface area contributed by atoms with Crippen molar-refractivity contribution in [2.45, 2.75) is 52.2 Å². The predicted molar refractivity (Wildman–Crippen MR) is 86.5 cm³/mol. The van der Waals surface area contributed by atoms with Crippen LogP contribution in [0.4, 0.5) is 0 Å². The van der Waals surface area contributed by atoms with Crippen LogP contribution in [0.1, 0.15) is 39.3 Å². The minimum atomic E-state index is 0.589. The van der Waals surface area contributed by atoms with Crippen LogP contribution in [0.5, 0.6) is 5.88 Å². The van der Waals surface area contributed by atoms with Crippen LogP contribution in [0.3, 0.4) is 0 Å². The molecule has 0 amide bonds. The molecule has 118 valence electrons. The molecule has 0 aliphatic carbocycles. The van der Waals surface area contributed by atoms with E-state index in [1.165, 1.54) is 12.8 Å². The highest BCUT2D eigenvalue weighted by atomic mass is 16.5. The van der Waals surface area contributed by atoms with Crippen LogP contribution in [0.2, 0.25) is 0 Å². The third kappa shape index (κ3) is 4.17. The van der Waals surface area contributed by atoms with E-state index < -0.39 is 0 Å². The summed E-state index contributed by atoms with van der Waals surface area (Å²) in [6.45, 7) is 9.97. The number of pyridine rings is 1. The summed E-state index contributed by atoms with van der Waals surface area (Å²) in [5, 5.41) is 3.69. The number of hydrogen-bond donors (Lipinski definition) is 1. The fourth-order valence-electron chi connectivity index (χ4n) is 3.06. The largest absolute Gasteiger partial charge is 0.481 e. The number of piperazine rings is 1. The Labute approximate surface area is 128 Å². The Balaban J connectivity index is 2.11. The number of aromatic nitrogens is 1. The second kappa shape index (κ2) is 7.76. The lowest BCUT2D eigenvalue weighted by Gasteiger charge is -2.42. The summed E-state index contributed by atoms with van der Waals surface area (Å²) in [7, 11) is 1.67. The molecule has 4 heteroatoms. The molecule has 0 radical (unpaired) electrons. The van der Waals surface area contributed by atoms with Crippen LogP contribution < -0.4 is 10.1 Å². The molecule has 0 bridgehead atoms. The summed E-state index contributed by atoms with van der Waals surface area (Å²) < 4.78 is 5.24. The zero-order valence-corrected chi connectivity index (χ0v) is 13.8. The molecule has 3 unspecified atom stereocenters. The summed E-state index contributed by atoms with van der Waals surface area (Å²) in [5.74, 6) is 1.40. The van der Waals surface area contributed by atoms with Gasteiger partial charge < -0.3 is 10.1 Å². The highest BCUT2D eigenvalue weighted by molar-refractivity contribution is 5.16. The maximum atomic E-state index is 5.24. The van der Waals surface area contributed by atoms with Gasteiger partial charge in [-0.1, -0.05) is 33.3 Å². The average Bonchev–Trinajstić information content (AvgIpc) is 2.54. The van der Waals surface area contributed by atoms with Crippen LogP contribution in [-0.4, -0.2) is 42.2 Å². The smallest absolute Gasteiger partial charge is 0.213 e. The third-order valence-electron chi connectivity index (χ3n) is 4.69. The third-order valence-corrected chi connectivity index (χ3v) is 4.69. The molecular weight excluding hydrogens is 262 g/mol. The minimum Gasteiger partial charge on any atom is -0.481 e. The molecule has 3 atom stereocenters. The Morgan fingerprint density at radius 2 is 2.24 bits per heavy atom. The van der Waals surface area contributed by atoms with E-state index in [1.807, 2.05) is 12.1 Å². The second-order valence-electron chi connectivity index (χ2n) is 6.07. The number of methoxy groups -OCH3 is 1. The van der Waals surface area contributed by atoms with Gasteiger partial charge >= 0.3 is 0 Å². The van der Waals surface area contributed by atoms with Crippen molar-refractivity contribution < 1.29 is 4.74 Å². The summed E-state index contributed by atoms with van der Waals surface area (Å²) in [6, 6.07) is 7.21. The average molecular weight is 291 g/mol. The predicted octanol–water partition coefficient (Wildman–Crippen LogP) is 2.69. The normalized spacial score (nSPS) is 24.8. The maximum Gasteiger partial charge on any atom is 0.213 e. The van der Waals surface area contributed by atoms with Gasteiger partial charge in [-0.2, -0.15) is 0 Å². The maximum absolute atomic E-state index is 5.24. The number of rotatable bonds is 6. The lowest BCUT2D eigenvalue weighted by molar-refractivity contribution is 0.0819. The van der Waals surface area contributed by atoms with Crippen molar-refractivity contribution in [1.82, 2.24) is 15.2 Å². The van der Waals surface area contributed by atoms with Gasteiger partial charge in [-0.05, 0) is 18.4 Å². The van der Waals surface area contributed by atoms with Crippen molar-refractivity contribution in [3.8, 4) is 5.88 Å². The van der Waals surface area contributed by atoms with Gasteiger partial charge in [0.25, 0.3) is 0 Å². The first-order chi connectivity index (χ1) is 10.2. The van der Waals surface area contributed by atoms with E-state index in [0.29, 0.717) is 23.9 Å². The lowest BCUT2D eigenvalue weighted by atomic mass is 9.94. The van der Waals surface area contributed by atoms with Crippen LogP contribution in [0.25, 0.3) is 0 Å². The number of nitrogens with zero attached hydrogens (tertiary/aromatic N) is 2. The standard InChI is InChI=1S/C17H29N3O/c1-5-13(3)16-10-18-14(6-2)11-20(16)12-15-8-7-9-17(19-15)21-4/h7-9,13-14,16,18H,5-6,10-12H2,1-4H3. The molecule has 0 saturated carbocycles. The molecule has 21 heavy (non-hydrogen) atoms. The van der Waals surface area contributed by atoms with Gasteiger partial charge in [0, 0.05) is 37.8 Å². The van der Waals surface area contributed by atoms with Crippen LogP contribution >= 0.6 is 0 Å². The molecule has 1 N–H and O–H groups in total. The zero-order chi connectivity index (χ0) is 15.2. The molecule has 2 rings (SSSR count). The molecule has 1 aliphatic heterocycles. The molecule has 0 aromatic carbocycles. The molecular formula is C17H29N3O. The Kier molecular flexibility index (Phi) is 6.00. The molecule has 2 heterocycles. The van der Waals surface area contributed by atoms with Crippen LogP contribution in [0.15, 0.2) is 18.2 Å². The van der Waals surface area contributed by atoms with E-state index in [-0.39, 0.29) is 0 Å². The lowest BCUT2D eigenvalue weighted by Crippen LogP contribution is -2.57. The first kappa shape index (κ1) is 16.2. The van der Waals surface area contributed by atoms with Crippen molar-refractivity contribution in [3.05, 3.63) is 23.9 Å². The highest BCUT2D eigenvalue weighted by Gasteiger charge is 2.30. The number of ether oxygens (including phenoxy) is 1. The van der Waals surface area contributed by atoms with Gasteiger partial charge in [0.2, 0.25) is 5.88 Å². The van der Waals surface area contributed by atoms with Gasteiger partial charge in [-0.25, -0.2) is 4.98 Å². The van der Waals surface area contributed by atoms with Crippen molar-refractivity contribution in [1.29, 1.82) is 0 Å². The molecule has 1 aliphatic rings. The Hall–Kier alpha value is -1.13. The zero-order valence-electron chi connectivity index (χ0n) is 13.8. The van der Waals surface area contributed by atoms with Gasteiger partial charge in [0.1, 0.15) is 0 Å². The molecule has 1 aromatic rings. The molecule has 1 fully saturated rings. The Morgan fingerprint density at radius 1 is 1.43 bits per heavy atom. The summed E-state index contributed by atoms with van der Waals surface area (Å²) in [6.07, 6.45) is 2.39. The van der Waals surface area contributed by atoms with Gasteiger partial charge in [0.05, 0.1) is 12.8 Å². The SMILES string of the molecule is CCC1CN(Cc2cccc(OC)n2)C(C(C)CC)CN1. The molecule has 4 nitrogen and oxygen atoms in total. The van der Waals surface area contributed by atoms with E-state index in [1.54, 1.807) is 7.11 Å². The van der Waals surface area contributed by atoms with Gasteiger partial charge in [-0.3, -0.25) is 4.90 Å². The van der Waals surface area contributed by atoms with Crippen LogP contribution in [-0.2, 0) is 6.54 Å². The molecule has 1 aromatic heterocycles. The second-order valence-corrected chi connectivity index (χ2v) is 6.07. The fourth-order valence-corrected chi connectivity index (χ4v) is 3.06. The van der Waals surface area contributed by atoms with Gasteiger partial charge in [-0.15, -0.1) is 0 Å². The van der Waals surface area contributed by atoms with E-state index in [9.17, 15) is 0 Å². The highest BCUT2D eigenvalue weighted by Crippen LogP contribution is 2.21. The number of hydrogen-bond acceptors (Lipinski definition) is 4. The van der Waals surface area contributed by atoms with Crippen molar-refractivity contribution in [2.75, 3.05) is 20.2 Å². The molecule has 1 saturated heterocycles. The van der Waals surface area contributed by atoms with Crippen molar-refractivity contribution in [3.63, 3.8) is 0 Å². The van der Waals surface area contributed by atoms with E-state index in [4.69, 9.17) is 4.74 Å². The topological polar surface area (TPSA) is 37.4 Å².